The summed E-state index contributed by atoms with van der Waals surface area (Å²) in [6, 6.07) is 0. The van der Waals surface area contributed by atoms with E-state index in [1.807, 2.05) is 0 Å². The van der Waals surface area contributed by atoms with Crippen LogP contribution in [0.2, 0.25) is 0 Å². The van der Waals surface area contributed by atoms with Gasteiger partial charge in [0, 0.05) is 13.1 Å². The molecular formula is C31H65N3O3. The van der Waals surface area contributed by atoms with E-state index in [2.05, 4.69) is 36.4 Å². The second-order valence-electron chi connectivity index (χ2n) is 11.1. The first-order valence-electron chi connectivity index (χ1n) is 16.1. The topological polar surface area (TPSA) is 97.1 Å². The van der Waals surface area contributed by atoms with Gasteiger partial charge in [-0.05, 0) is 19.3 Å². The molecule has 37 heavy (non-hydrogen) atoms. The zero-order valence-electron chi connectivity index (χ0n) is 25.0. The summed E-state index contributed by atoms with van der Waals surface area (Å²) in [5.74, 6) is 0.575. The van der Waals surface area contributed by atoms with Gasteiger partial charge in [0.1, 0.15) is 0 Å². The van der Waals surface area contributed by atoms with E-state index in [4.69, 9.17) is 0 Å². The molecule has 0 saturated heterocycles. The maximum absolute atomic E-state index is 10.4. The molecule has 0 aliphatic rings. The Balaban J connectivity index is 4.43. The molecule has 6 nitrogen and oxygen atoms in total. The largest absolute Gasteiger partial charge is 0.391 e. The van der Waals surface area contributed by atoms with Crippen LogP contribution in [0.15, 0.2) is 4.99 Å². The number of hydrogen-bond acceptors (Lipinski definition) is 4. The predicted octanol–water partition coefficient (Wildman–Crippen LogP) is 6.86. The summed E-state index contributed by atoms with van der Waals surface area (Å²) in [4.78, 5) is 4.58. The fourth-order valence-corrected chi connectivity index (χ4v) is 4.58. The number of hydrogen-bond donors (Lipinski definition) is 5. The smallest absolute Gasteiger partial charge is 0.191 e. The number of unbranched alkanes of at least 4 members (excludes halogenated alkanes) is 15. The van der Waals surface area contributed by atoms with Crippen molar-refractivity contribution in [2.75, 3.05) is 19.6 Å². The van der Waals surface area contributed by atoms with Gasteiger partial charge >= 0.3 is 0 Å². The van der Waals surface area contributed by atoms with Gasteiger partial charge < -0.3 is 26.0 Å². The molecule has 0 spiro atoms. The van der Waals surface area contributed by atoms with Gasteiger partial charge in [0.05, 0.1) is 24.9 Å². The summed E-state index contributed by atoms with van der Waals surface area (Å²) in [5, 5.41) is 37.7. The van der Waals surface area contributed by atoms with Crippen LogP contribution >= 0.6 is 0 Å². The minimum atomic E-state index is -0.453. The second kappa shape index (κ2) is 28.2. The third kappa shape index (κ3) is 26.5. The van der Waals surface area contributed by atoms with E-state index in [1.54, 1.807) is 0 Å². The van der Waals surface area contributed by atoms with Crippen molar-refractivity contribution in [1.29, 1.82) is 0 Å². The van der Waals surface area contributed by atoms with Crippen molar-refractivity contribution in [3.05, 3.63) is 0 Å². The average molecular weight is 528 g/mol. The van der Waals surface area contributed by atoms with Gasteiger partial charge in [0.15, 0.2) is 5.96 Å². The summed E-state index contributed by atoms with van der Waals surface area (Å²) in [6.07, 6.45) is 22.9. The molecule has 0 bridgehead atoms. The molecule has 3 atom stereocenters. The zero-order valence-corrected chi connectivity index (χ0v) is 25.0. The van der Waals surface area contributed by atoms with Gasteiger partial charge in [0.2, 0.25) is 0 Å². The van der Waals surface area contributed by atoms with E-state index in [1.165, 1.54) is 96.3 Å². The van der Waals surface area contributed by atoms with E-state index >= 15 is 0 Å². The Morgan fingerprint density at radius 2 is 0.811 bits per heavy atom. The maximum atomic E-state index is 10.4. The minimum Gasteiger partial charge on any atom is -0.391 e. The SMILES string of the molecule is CCCCCCCCC(O)CN=C(NCC(O)CCCCCCCC)NCC(O)CCCCCCCC. The molecule has 0 aliphatic heterocycles. The quantitative estimate of drug-likeness (QED) is 0.0457. The fourth-order valence-electron chi connectivity index (χ4n) is 4.58. The van der Waals surface area contributed by atoms with Crippen LogP contribution in [-0.4, -0.2) is 59.2 Å². The average Bonchev–Trinajstić information content (AvgIpc) is 2.89. The van der Waals surface area contributed by atoms with Crippen LogP contribution in [0.3, 0.4) is 0 Å². The molecule has 0 aliphatic carbocycles. The number of aliphatic hydroxyl groups excluding tert-OH is 3. The Kier molecular flexibility index (Phi) is 27.5. The van der Waals surface area contributed by atoms with Crippen LogP contribution in [0.25, 0.3) is 0 Å². The van der Waals surface area contributed by atoms with E-state index < -0.39 is 18.3 Å². The molecule has 6 heteroatoms. The highest BCUT2D eigenvalue weighted by Gasteiger charge is 2.10. The Bertz CT molecular complexity index is 462. The molecule has 0 radical (unpaired) electrons. The van der Waals surface area contributed by atoms with Crippen LogP contribution in [-0.2, 0) is 0 Å². The fraction of sp³-hybridized carbons (Fsp3) is 0.968. The molecule has 222 valence electrons. The van der Waals surface area contributed by atoms with Crippen molar-refractivity contribution in [3.63, 3.8) is 0 Å². The first-order chi connectivity index (χ1) is 18.0. The molecule has 0 aromatic heterocycles. The van der Waals surface area contributed by atoms with Crippen LogP contribution in [0.1, 0.15) is 156 Å². The van der Waals surface area contributed by atoms with Crippen molar-refractivity contribution in [3.8, 4) is 0 Å². The third-order valence-electron chi connectivity index (χ3n) is 7.14. The lowest BCUT2D eigenvalue weighted by atomic mass is 10.1. The Morgan fingerprint density at radius 1 is 0.486 bits per heavy atom. The molecule has 0 fully saturated rings. The van der Waals surface area contributed by atoms with Gasteiger partial charge in [-0.1, -0.05) is 136 Å². The molecule has 0 rings (SSSR count). The maximum Gasteiger partial charge on any atom is 0.191 e. The number of nitrogens with zero attached hydrogens (tertiary/aromatic N) is 1. The van der Waals surface area contributed by atoms with E-state index in [0.29, 0.717) is 25.6 Å². The lowest BCUT2D eigenvalue weighted by Crippen LogP contribution is -2.44. The summed E-state index contributed by atoms with van der Waals surface area (Å²) < 4.78 is 0. The second-order valence-corrected chi connectivity index (χ2v) is 11.1. The molecule has 0 heterocycles. The van der Waals surface area contributed by atoms with Gasteiger partial charge in [-0.3, -0.25) is 4.99 Å². The van der Waals surface area contributed by atoms with Crippen LogP contribution in [0, 0.1) is 0 Å². The molecule has 0 saturated carbocycles. The number of nitrogens with one attached hydrogen (secondary N) is 2. The monoisotopic (exact) mass is 528 g/mol. The molecule has 3 unspecified atom stereocenters. The Hall–Kier alpha value is -0.850. The van der Waals surface area contributed by atoms with Gasteiger partial charge in [-0.25, -0.2) is 0 Å². The van der Waals surface area contributed by atoms with Crippen LogP contribution in [0.4, 0.5) is 0 Å². The highest BCUT2D eigenvalue weighted by atomic mass is 16.3. The van der Waals surface area contributed by atoms with Gasteiger partial charge in [0.25, 0.3) is 0 Å². The van der Waals surface area contributed by atoms with Crippen LogP contribution in [0.5, 0.6) is 0 Å². The van der Waals surface area contributed by atoms with Crippen molar-refractivity contribution >= 4 is 5.96 Å². The Labute approximate surface area is 230 Å². The highest BCUT2D eigenvalue weighted by Crippen LogP contribution is 2.11. The summed E-state index contributed by atoms with van der Waals surface area (Å²) in [7, 11) is 0. The van der Waals surface area contributed by atoms with Crippen molar-refractivity contribution in [2.45, 2.75) is 174 Å². The van der Waals surface area contributed by atoms with E-state index in [9.17, 15) is 15.3 Å². The minimum absolute atomic E-state index is 0.339. The van der Waals surface area contributed by atoms with Gasteiger partial charge in [-0.2, -0.15) is 0 Å². The van der Waals surface area contributed by atoms with E-state index in [0.717, 1.165) is 38.5 Å². The molecule has 0 amide bonds. The number of aliphatic imine (C=N–C) groups is 1. The third-order valence-corrected chi connectivity index (χ3v) is 7.14. The number of guanidine groups is 1. The Morgan fingerprint density at radius 3 is 1.19 bits per heavy atom. The molecular weight excluding hydrogens is 462 g/mol. The molecule has 0 aromatic carbocycles. The lowest BCUT2D eigenvalue weighted by molar-refractivity contribution is 0.158. The lowest BCUT2D eigenvalue weighted by Gasteiger charge is -2.18. The molecule has 5 N–H and O–H groups in total. The van der Waals surface area contributed by atoms with Crippen molar-refractivity contribution in [1.82, 2.24) is 10.6 Å². The normalized spacial score (nSPS) is 13.8. The molecule has 0 aromatic rings. The first-order valence-corrected chi connectivity index (χ1v) is 16.1. The highest BCUT2D eigenvalue weighted by molar-refractivity contribution is 5.79. The zero-order chi connectivity index (χ0) is 27.4. The number of rotatable bonds is 27. The van der Waals surface area contributed by atoms with Crippen LogP contribution < -0.4 is 10.6 Å². The van der Waals surface area contributed by atoms with Crippen molar-refractivity contribution < 1.29 is 15.3 Å². The first kappa shape index (κ1) is 36.1. The predicted molar refractivity (Wildman–Crippen MR) is 160 cm³/mol. The van der Waals surface area contributed by atoms with E-state index in [-0.39, 0.29) is 0 Å². The number of aliphatic hydroxyl groups is 3. The van der Waals surface area contributed by atoms with Gasteiger partial charge in [-0.15, -0.1) is 0 Å². The standard InChI is InChI=1S/C31H65N3O3/c1-4-7-10-13-16-19-22-28(35)25-32-31(33-26-29(36)23-20-17-14-11-8-5-2)34-27-30(37)24-21-18-15-12-9-6-3/h28-30,35-37H,4-27H2,1-3H3,(H2,32,33,34). The van der Waals surface area contributed by atoms with Crippen molar-refractivity contribution in [2.24, 2.45) is 4.99 Å². The summed E-state index contributed by atoms with van der Waals surface area (Å²) in [5.41, 5.74) is 0. The summed E-state index contributed by atoms with van der Waals surface area (Å²) >= 11 is 0. The summed E-state index contributed by atoms with van der Waals surface area (Å²) in [6.45, 7) is 7.88.